The number of carbonyl (C=O) groups excluding carboxylic acids is 2. The fourth-order valence-corrected chi connectivity index (χ4v) is 5.55. The summed E-state index contributed by atoms with van der Waals surface area (Å²) in [5.41, 5.74) is 1.16. The van der Waals surface area contributed by atoms with Gasteiger partial charge in [-0.05, 0) is 48.5 Å². The highest BCUT2D eigenvalue weighted by molar-refractivity contribution is 8.00. The van der Waals surface area contributed by atoms with Gasteiger partial charge in [-0.15, -0.1) is 33.6 Å². The minimum atomic E-state index is -0.0353. The number of hydrogen-bond acceptors (Lipinski definition) is 8. The van der Waals surface area contributed by atoms with Crippen molar-refractivity contribution in [1.29, 1.82) is 0 Å². The van der Waals surface area contributed by atoms with Crippen LogP contribution in [-0.2, 0) is 19.5 Å². The summed E-state index contributed by atoms with van der Waals surface area (Å²) in [4.78, 5) is 25.3. The minimum absolute atomic E-state index is 0.0353. The van der Waals surface area contributed by atoms with Gasteiger partial charge in [0, 0.05) is 34.3 Å². The predicted octanol–water partition coefficient (Wildman–Crippen LogP) is 6.09. The molecule has 0 radical (unpaired) electrons. The molecule has 0 atom stereocenters. The van der Waals surface area contributed by atoms with E-state index in [9.17, 15) is 9.59 Å². The van der Waals surface area contributed by atoms with Crippen molar-refractivity contribution in [2.75, 3.05) is 11.5 Å². The van der Waals surface area contributed by atoms with Gasteiger partial charge in [-0.3, -0.25) is 9.59 Å². The number of aromatic nitrogens is 6. The number of benzene rings is 2. The molecule has 0 N–H and O–H groups in total. The Hall–Kier alpha value is -3.18. The molecule has 0 fully saturated rings. The van der Waals surface area contributed by atoms with Gasteiger partial charge in [0.25, 0.3) is 0 Å². The van der Waals surface area contributed by atoms with Crippen molar-refractivity contribution in [3.8, 4) is 0 Å². The van der Waals surface area contributed by atoms with E-state index < -0.39 is 0 Å². The van der Waals surface area contributed by atoms with E-state index in [1.165, 1.54) is 23.5 Å². The van der Waals surface area contributed by atoms with Crippen molar-refractivity contribution in [2.24, 2.45) is 0 Å². The van der Waals surface area contributed by atoms with Gasteiger partial charge in [-0.1, -0.05) is 58.9 Å². The maximum Gasteiger partial charge on any atom is 0.191 e. The number of allylic oxidation sites excluding steroid dienone is 2. The van der Waals surface area contributed by atoms with E-state index in [0.29, 0.717) is 62.6 Å². The molecule has 0 saturated heterocycles. The van der Waals surface area contributed by atoms with Crippen LogP contribution >= 0.6 is 46.7 Å². The highest BCUT2D eigenvalue weighted by atomic mass is 35.5. The van der Waals surface area contributed by atoms with Gasteiger partial charge in [0.15, 0.2) is 21.9 Å². The van der Waals surface area contributed by atoms with Crippen LogP contribution in [0.4, 0.5) is 0 Å². The largest absolute Gasteiger partial charge is 0.302 e. The number of Topliss-reactive ketones (excluding diaryl/α,β-unsaturated/α-hetero) is 2. The summed E-state index contributed by atoms with van der Waals surface area (Å²) in [5, 5.41) is 19.7. The molecule has 0 spiro atoms. The highest BCUT2D eigenvalue weighted by Gasteiger charge is 2.19. The first kappa shape index (κ1) is 28.8. The van der Waals surface area contributed by atoms with E-state index in [4.69, 9.17) is 23.2 Å². The molecule has 0 amide bonds. The summed E-state index contributed by atoms with van der Waals surface area (Å²) in [6.07, 6.45) is 3.84. The normalized spacial score (nSPS) is 10.9. The Morgan fingerprint density at radius 2 is 1.08 bits per heavy atom. The van der Waals surface area contributed by atoms with Gasteiger partial charge < -0.3 is 9.13 Å². The van der Waals surface area contributed by atoms with E-state index in [2.05, 4.69) is 33.6 Å². The molecule has 0 aliphatic heterocycles. The van der Waals surface area contributed by atoms with Crippen LogP contribution in [0.1, 0.15) is 32.4 Å². The van der Waals surface area contributed by atoms with Gasteiger partial charge in [0.05, 0.1) is 17.9 Å². The summed E-state index contributed by atoms with van der Waals surface area (Å²) >= 11 is 14.5. The summed E-state index contributed by atoms with van der Waals surface area (Å²) in [6, 6.07) is 13.6. The Labute approximate surface area is 244 Å². The fourth-order valence-electron chi connectivity index (χ4n) is 3.58. The number of rotatable bonds is 14. The van der Waals surface area contributed by atoms with Gasteiger partial charge >= 0.3 is 0 Å². The molecule has 200 valence electrons. The standard InChI is InChI=1S/C27H24Cl2N6O2S2/c1-3-13-34-24(30-32-26(34)38-16-22(36)18-5-9-20(28)10-6-18)15-25-31-33-27(35(25)14-4-2)39-17-23(37)19-7-11-21(29)12-8-19/h3-12H,1-2,13-17H2. The molecule has 2 aromatic heterocycles. The third kappa shape index (κ3) is 7.48. The Balaban J connectivity index is 1.47. The Morgan fingerprint density at radius 3 is 1.44 bits per heavy atom. The van der Waals surface area contributed by atoms with Gasteiger partial charge in [0.1, 0.15) is 11.6 Å². The van der Waals surface area contributed by atoms with Crippen LogP contribution in [0.15, 0.2) is 84.2 Å². The number of nitrogens with zero attached hydrogens (tertiary/aromatic N) is 6. The van der Waals surface area contributed by atoms with Crippen molar-refractivity contribution in [1.82, 2.24) is 29.5 Å². The monoisotopic (exact) mass is 598 g/mol. The third-order valence-electron chi connectivity index (χ3n) is 5.52. The zero-order valence-electron chi connectivity index (χ0n) is 20.8. The first-order valence-electron chi connectivity index (χ1n) is 11.8. The van der Waals surface area contributed by atoms with Gasteiger partial charge in [-0.25, -0.2) is 0 Å². The lowest BCUT2D eigenvalue weighted by atomic mass is 10.1. The number of halogens is 2. The number of thioether (sulfide) groups is 2. The molecule has 4 aromatic rings. The van der Waals surface area contributed by atoms with Crippen LogP contribution in [0.3, 0.4) is 0 Å². The molecule has 0 bridgehead atoms. The van der Waals surface area contributed by atoms with Crippen LogP contribution < -0.4 is 0 Å². The van der Waals surface area contributed by atoms with E-state index >= 15 is 0 Å². The molecular weight excluding hydrogens is 575 g/mol. The molecule has 2 heterocycles. The van der Waals surface area contributed by atoms with Crippen LogP contribution in [0.25, 0.3) is 0 Å². The minimum Gasteiger partial charge on any atom is -0.302 e. The smallest absolute Gasteiger partial charge is 0.191 e. The molecule has 4 rings (SSSR count). The molecule has 2 aromatic carbocycles. The Morgan fingerprint density at radius 1 is 0.692 bits per heavy atom. The van der Waals surface area contributed by atoms with E-state index in [-0.39, 0.29) is 23.1 Å². The lowest BCUT2D eigenvalue weighted by Crippen LogP contribution is -2.11. The first-order chi connectivity index (χ1) is 18.9. The predicted molar refractivity (Wildman–Crippen MR) is 156 cm³/mol. The van der Waals surface area contributed by atoms with Crippen LogP contribution in [0, 0.1) is 0 Å². The first-order valence-corrected chi connectivity index (χ1v) is 14.5. The van der Waals surface area contributed by atoms with Crippen molar-refractivity contribution in [3.05, 3.63) is 107 Å². The number of hydrogen-bond donors (Lipinski definition) is 0. The zero-order valence-corrected chi connectivity index (χ0v) is 23.9. The zero-order chi connectivity index (χ0) is 27.8. The molecular formula is C27H24Cl2N6O2S2. The maximum absolute atomic E-state index is 12.6. The number of ketones is 2. The van der Waals surface area contributed by atoms with Crippen molar-refractivity contribution in [2.45, 2.75) is 29.8 Å². The fraction of sp³-hybridized carbons (Fsp3) is 0.185. The maximum atomic E-state index is 12.6. The van der Waals surface area contributed by atoms with Gasteiger partial charge in [-0.2, -0.15) is 0 Å². The van der Waals surface area contributed by atoms with Crippen LogP contribution in [-0.4, -0.2) is 52.6 Å². The second kappa shape index (κ2) is 13.7. The van der Waals surface area contributed by atoms with Crippen LogP contribution in [0.2, 0.25) is 10.0 Å². The number of carbonyl (C=O) groups is 2. The van der Waals surface area contributed by atoms with Crippen molar-refractivity contribution < 1.29 is 9.59 Å². The Bertz CT molecular complexity index is 1370. The van der Waals surface area contributed by atoms with E-state index in [1.54, 1.807) is 60.7 Å². The van der Waals surface area contributed by atoms with E-state index in [0.717, 1.165) is 0 Å². The average Bonchev–Trinajstić information content (AvgIpc) is 3.50. The molecule has 0 unspecified atom stereocenters. The Kier molecular flexibility index (Phi) is 10.2. The summed E-state index contributed by atoms with van der Waals surface area (Å²) in [6.45, 7) is 8.62. The molecule has 0 aliphatic rings. The molecule has 0 saturated carbocycles. The second-order valence-electron chi connectivity index (χ2n) is 8.21. The highest BCUT2D eigenvalue weighted by Crippen LogP contribution is 2.23. The van der Waals surface area contributed by atoms with Crippen molar-refractivity contribution >= 4 is 58.3 Å². The summed E-state index contributed by atoms with van der Waals surface area (Å²) in [5.74, 6) is 1.64. The summed E-state index contributed by atoms with van der Waals surface area (Å²) < 4.78 is 3.80. The topological polar surface area (TPSA) is 95.6 Å². The lowest BCUT2D eigenvalue weighted by Gasteiger charge is -2.09. The lowest BCUT2D eigenvalue weighted by molar-refractivity contribution is 0.101. The quantitative estimate of drug-likeness (QED) is 0.0977. The van der Waals surface area contributed by atoms with Crippen LogP contribution in [0.5, 0.6) is 0 Å². The molecule has 8 nitrogen and oxygen atoms in total. The van der Waals surface area contributed by atoms with Crippen molar-refractivity contribution in [3.63, 3.8) is 0 Å². The average molecular weight is 600 g/mol. The van der Waals surface area contributed by atoms with E-state index in [1.807, 2.05) is 9.13 Å². The third-order valence-corrected chi connectivity index (χ3v) is 7.96. The SMILES string of the molecule is C=CCn1c(Cc2nnc(SCC(=O)c3ccc(Cl)cc3)n2CC=C)nnc1SCC(=O)c1ccc(Cl)cc1. The second-order valence-corrected chi connectivity index (χ2v) is 11.0. The summed E-state index contributed by atoms with van der Waals surface area (Å²) in [7, 11) is 0. The molecule has 0 aliphatic carbocycles. The molecule has 12 heteroatoms. The van der Waals surface area contributed by atoms with Gasteiger partial charge in [0.2, 0.25) is 0 Å². The molecule has 39 heavy (non-hydrogen) atoms.